The van der Waals surface area contributed by atoms with E-state index in [-0.39, 0.29) is 17.9 Å². The van der Waals surface area contributed by atoms with Crippen LogP contribution in [0.3, 0.4) is 0 Å². The second-order valence-electron chi connectivity index (χ2n) is 7.00. The first-order valence-electron chi connectivity index (χ1n) is 9.86. The molecule has 3 aromatic rings. The summed E-state index contributed by atoms with van der Waals surface area (Å²) in [6, 6.07) is 3.70. The van der Waals surface area contributed by atoms with E-state index in [1.54, 1.807) is 17.4 Å². The summed E-state index contributed by atoms with van der Waals surface area (Å²) in [6.07, 6.45) is 4.48. The summed E-state index contributed by atoms with van der Waals surface area (Å²) in [5, 5.41) is 4.13. The first kappa shape index (κ1) is 19.9. The third kappa shape index (κ3) is 4.16. The van der Waals surface area contributed by atoms with Crippen LogP contribution in [0.2, 0.25) is 0 Å². The predicted molar refractivity (Wildman–Crippen MR) is 116 cm³/mol. The molecule has 1 aliphatic heterocycles. The van der Waals surface area contributed by atoms with Crippen molar-refractivity contribution in [2.75, 3.05) is 31.1 Å². The number of piperidine rings is 1. The van der Waals surface area contributed by atoms with E-state index >= 15 is 0 Å². The average Bonchev–Trinajstić information content (AvgIpc) is 3.45. The van der Waals surface area contributed by atoms with Gasteiger partial charge in [-0.1, -0.05) is 11.3 Å². The number of nitrogens with one attached hydrogen (secondary N) is 1. The van der Waals surface area contributed by atoms with Crippen molar-refractivity contribution in [2.24, 2.45) is 0 Å². The SMILES string of the molecule is CCN(CC)c1nc2sc(C(=O)NC3CCN(C(=O)c4ccoc4)CC3)cc2s1. The number of rotatable bonds is 6. The molecule has 0 radical (unpaired) electrons. The first-order chi connectivity index (χ1) is 14.1. The molecule has 1 saturated heterocycles. The highest BCUT2D eigenvalue weighted by atomic mass is 32.1. The molecule has 1 aliphatic rings. The molecule has 7 nitrogen and oxygen atoms in total. The molecule has 4 rings (SSSR count). The molecular weight excluding hydrogens is 408 g/mol. The monoisotopic (exact) mass is 432 g/mol. The van der Waals surface area contributed by atoms with Crippen LogP contribution in [0.15, 0.2) is 29.1 Å². The number of amides is 2. The number of fused-ring (bicyclic) bond motifs is 1. The molecule has 0 atom stereocenters. The Bertz CT molecular complexity index is 951. The fourth-order valence-corrected chi connectivity index (χ4v) is 5.76. The van der Waals surface area contributed by atoms with Gasteiger partial charge >= 0.3 is 0 Å². The summed E-state index contributed by atoms with van der Waals surface area (Å²) in [5.74, 6) is -0.0682. The number of carbonyl (C=O) groups excluding carboxylic acids is 2. The van der Waals surface area contributed by atoms with Gasteiger partial charge in [-0.2, -0.15) is 0 Å². The Balaban J connectivity index is 1.34. The van der Waals surface area contributed by atoms with Crippen LogP contribution in [0.1, 0.15) is 46.7 Å². The Morgan fingerprint density at radius 1 is 1.28 bits per heavy atom. The Kier molecular flexibility index (Phi) is 5.86. The zero-order chi connectivity index (χ0) is 20.4. The maximum Gasteiger partial charge on any atom is 0.261 e. The average molecular weight is 433 g/mol. The predicted octanol–water partition coefficient (Wildman–Crippen LogP) is 3.83. The lowest BCUT2D eigenvalue weighted by Crippen LogP contribution is -2.46. The molecule has 9 heteroatoms. The molecule has 0 aliphatic carbocycles. The fourth-order valence-electron chi connectivity index (χ4n) is 3.52. The Hall–Kier alpha value is -2.39. The van der Waals surface area contributed by atoms with Crippen LogP contribution >= 0.6 is 22.7 Å². The zero-order valence-electron chi connectivity index (χ0n) is 16.5. The quantitative estimate of drug-likeness (QED) is 0.640. The molecule has 4 heterocycles. The summed E-state index contributed by atoms with van der Waals surface area (Å²) in [7, 11) is 0. The van der Waals surface area contributed by atoms with Gasteiger partial charge in [0, 0.05) is 32.2 Å². The van der Waals surface area contributed by atoms with Gasteiger partial charge in [-0.3, -0.25) is 9.59 Å². The summed E-state index contributed by atoms with van der Waals surface area (Å²) in [4.78, 5) is 35.4. The Morgan fingerprint density at radius 3 is 2.66 bits per heavy atom. The zero-order valence-corrected chi connectivity index (χ0v) is 18.1. The van der Waals surface area contributed by atoms with Gasteiger partial charge in [-0.25, -0.2) is 4.98 Å². The largest absolute Gasteiger partial charge is 0.472 e. The second kappa shape index (κ2) is 8.54. The van der Waals surface area contributed by atoms with Gasteiger partial charge in [-0.15, -0.1) is 11.3 Å². The van der Waals surface area contributed by atoms with Gasteiger partial charge < -0.3 is 19.5 Å². The summed E-state index contributed by atoms with van der Waals surface area (Å²) >= 11 is 3.08. The van der Waals surface area contributed by atoms with Gasteiger partial charge in [0.1, 0.15) is 11.1 Å². The lowest BCUT2D eigenvalue weighted by Gasteiger charge is -2.32. The smallest absolute Gasteiger partial charge is 0.261 e. The number of furan rings is 1. The van der Waals surface area contributed by atoms with E-state index in [9.17, 15) is 9.59 Å². The highest BCUT2D eigenvalue weighted by Crippen LogP contribution is 2.34. The minimum absolute atomic E-state index is 0.0166. The maximum atomic E-state index is 12.7. The summed E-state index contributed by atoms with van der Waals surface area (Å²) in [6.45, 7) is 7.34. The van der Waals surface area contributed by atoms with Gasteiger partial charge in [0.15, 0.2) is 5.13 Å². The lowest BCUT2D eigenvalue weighted by molar-refractivity contribution is 0.0697. The molecule has 154 valence electrons. The summed E-state index contributed by atoms with van der Waals surface area (Å²) < 4.78 is 6.05. The van der Waals surface area contributed by atoms with E-state index in [1.807, 2.05) is 11.0 Å². The van der Waals surface area contributed by atoms with E-state index in [0.717, 1.165) is 40.6 Å². The van der Waals surface area contributed by atoms with Crippen LogP contribution in [0.5, 0.6) is 0 Å². The van der Waals surface area contributed by atoms with Crippen molar-refractivity contribution in [2.45, 2.75) is 32.7 Å². The highest BCUT2D eigenvalue weighted by molar-refractivity contribution is 7.29. The van der Waals surface area contributed by atoms with Crippen molar-refractivity contribution in [3.05, 3.63) is 35.1 Å². The van der Waals surface area contributed by atoms with Gasteiger partial charge in [0.2, 0.25) is 0 Å². The number of hydrogen-bond donors (Lipinski definition) is 1. The molecule has 1 fully saturated rings. The first-order valence-corrected chi connectivity index (χ1v) is 11.5. The third-order valence-electron chi connectivity index (χ3n) is 5.22. The molecule has 0 aromatic carbocycles. The van der Waals surface area contributed by atoms with Gasteiger partial charge in [-0.05, 0) is 38.8 Å². The van der Waals surface area contributed by atoms with E-state index < -0.39 is 0 Å². The molecule has 0 saturated carbocycles. The van der Waals surface area contributed by atoms with Crippen LogP contribution in [-0.2, 0) is 0 Å². The molecular formula is C20H24N4O3S2. The van der Waals surface area contributed by atoms with Crippen LogP contribution in [0.4, 0.5) is 5.13 Å². The molecule has 1 N–H and O–H groups in total. The van der Waals surface area contributed by atoms with Crippen LogP contribution < -0.4 is 10.2 Å². The molecule has 2 amide bonds. The van der Waals surface area contributed by atoms with E-state index in [4.69, 9.17) is 4.42 Å². The normalized spacial score (nSPS) is 15.0. The van der Waals surface area contributed by atoms with Gasteiger partial charge in [0.25, 0.3) is 11.8 Å². The van der Waals surface area contributed by atoms with Crippen molar-refractivity contribution in [1.29, 1.82) is 0 Å². The fraction of sp³-hybridized carbons (Fsp3) is 0.450. The number of thiophene rings is 1. The topological polar surface area (TPSA) is 78.7 Å². The number of anilines is 1. The van der Waals surface area contributed by atoms with Crippen molar-refractivity contribution in [3.8, 4) is 0 Å². The van der Waals surface area contributed by atoms with E-state index in [2.05, 4.69) is 29.0 Å². The van der Waals surface area contributed by atoms with Crippen LogP contribution in [-0.4, -0.2) is 53.9 Å². The molecule has 3 aromatic heterocycles. The number of thiazole rings is 1. The number of hydrogen-bond acceptors (Lipinski definition) is 7. The third-order valence-corrected chi connectivity index (χ3v) is 7.44. The molecule has 29 heavy (non-hydrogen) atoms. The van der Waals surface area contributed by atoms with Crippen LogP contribution in [0, 0.1) is 0 Å². The Morgan fingerprint density at radius 2 is 2.03 bits per heavy atom. The molecule has 0 bridgehead atoms. The number of aromatic nitrogens is 1. The van der Waals surface area contributed by atoms with Gasteiger partial charge in [0.05, 0.1) is 21.4 Å². The Labute approximate surface area is 177 Å². The standard InChI is InChI=1S/C20H24N4O3S2/c1-3-23(4-2)20-22-18-16(29-20)11-15(28-18)17(25)21-14-5-8-24(9-6-14)19(26)13-7-10-27-12-13/h7,10-12,14H,3-6,8-9H2,1-2H3,(H,21,25). The van der Waals surface area contributed by atoms with E-state index in [0.29, 0.717) is 23.5 Å². The second-order valence-corrected chi connectivity index (χ2v) is 9.04. The summed E-state index contributed by atoms with van der Waals surface area (Å²) in [5.41, 5.74) is 0.572. The number of carbonyl (C=O) groups is 2. The van der Waals surface area contributed by atoms with E-state index in [1.165, 1.54) is 23.9 Å². The molecule has 0 spiro atoms. The minimum Gasteiger partial charge on any atom is -0.472 e. The van der Waals surface area contributed by atoms with Crippen molar-refractivity contribution in [1.82, 2.24) is 15.2 Å². The van der Waals surface area contributed by atoms with Crippen molar-refractivity contribution in [3.63, 3.8) is 0 Å². The van der Waals surface area contributed by atoms with Crippen LogP contribution in [0.25, 0.3) is 9.53 Å². The number of nitrogens with zero attached hydrogens (tertiary/aromatic N) is 3. The minimum atomic E-state index is -0.0517. The highest BCUT2D eigenvalue weighted by Gasteiger charge is 2.26. The van der Waals surface area contributed by atoms with Crippen molar-refractivity contribution < 1.29 is 14.0 Å². The maximum absolute atomic E-state index is 12.7. The van der Waals surface area contributed by atoms with Crippen molar-refractivity contribution >= 4 is 49.1 Å². The molecule has 0 unspecified atom stereocenters. The lowest BCUT2D eigenvalue weighted by atomic mass is 10.0. The number of likely N-dealkylation sites (tertiary alicyclic amines) is 1.